The van der Waals surface area contributed by atoms with E-state index < -0.39 is 0 Å². The molecule has 17 heavy (non-hydrogen) atoms. The van der Waals surface area contributed by atoms with Crippen LogP contribution >= 0.6 is 0 Å². The van der Waals surface area contributed by atoms with Crippen LogP contribution < -0.4 is 5.32 Å². The summed E-state index contributed by atoms with van der Waals surface area (Å²) in [5, 5.41) is 3.63. The van der Waals surface area contributed by atoms with Crippen molar-refractivity contribution in [3.63, 3.8) is 0 Å². The molecule has 2 unspecified atom stereocenters. The molecule has 0 amide bonds. The van der Waals surface area contributed by atoms with Crippen molar-refractivity contribution >= 4 is 0 Å². The fourth-order valence-corrected chi connectivity index (χ4v) is 2.03. The second kappa shape index (κ2) is 8.71. The van der Waals surface area contributed by atoms with E-state index in [0.29, 0.717) is 6.04 Å². The highest BCUT2D eigenvalue weighted by molar-refractivity contribution is 5.02. The number of hydrogen-bond donors (Lipinski definition) is 1. The van der Waals surface area contributed by atoms with Crippen molar-refractivity contribution < 1.29 is 4.74 Å². The molecule has 0 saturated carbocycles. The smallest absolute Gasteiger partial charge is 0.0807 e. The Morgan fingerprint density at radius 3 is 2.35 bits per heavy atom. The van der Waals surface area contributed by atoms with Gasteiger partial charge in [-0.05, 0) is 46.1 Å². The third-order valence-electron chi connectivity index (χ3n) is 3.55. The molecular formula is C15H31NO. The van der Waals surface area contributed by atoms with Crippen molar-refractivity contribution in [2.24, 2.45) is 0 Å². The van der Waals surface area contributed by atoms with Crippen LogP contribution in [0.3, 0.4) is 0 Å². The summed E-state index contributed by atoms with van der Waals surface area (Å²) in [6.45, 7) is 16.8. The highest BCUT2D eigenvalue weighted by Crippen LogP contribution is 2.25. The normalized spacial score (nSPS) is 16.5. The largest absolute Gasteiger partial charge is 0.374 e. The summed E-state index contributed by atoms with van der Waals surface area (Å²) in [5.41, 5.74) is 1.22. The Hall–Kier alpha value is -0.340. The van der Waals surface area contributed by atoms with Crippen LogP contribution in [-0.2, 0) is 4.74 Å². The zero-order chi connectivity index (χ0) is 13.3. The molecule has 0 aromatic heterocycles. The van der Waals surface area contributed by atoms with E-state index >= 15 is 0 Å². The van der Waals surface area contributed by atoms with Crippen molar-refractivity contribution in [1.82, 2.24) is 5.32 Å². The molecule has 102 valence electrons. The molecule has 0 radical (unpaired) electrons. The van der Waals surface area contributed by atoms with Gasteiger partial charge in [0.25, 0.3) is 0 Å². The maximum absolute atomic E-state index is 5.98. The lowest BCUT2D eigenvalue weighted by Crippen LogP contribution is -2.50. The molecule has 0 aromatic rings. The van der Waals surface area contributed by atoms with Crippen LogP contribution in [0.5, 0.6) is 0 Å². The third-order valence-corrected chi connectivity index (χ3v) is 3.55. The number of nitrogens with one attached hydrogen (secondary N) is 1. The van der Waals surface area contributed by atoms with Gasteiger partial charge in [0.05, 0.1) is 5.60 Å². The lowest BCUT2D eigenvalue weighted by atomic mass is 9.87. The van der Waals surface area contributed by atoms with E-state index in [1.807, 2.05) is 0 Å². The fourth-order valence-electron chi connectivity index (χ4n) is 2.03. The molecule has 2 heteroatoms. The Balaban J connectivity index is 4.66. The average molecular weight is 241 g/mol. The van der Waals surface area contributed by atoms with Gasteiger partial charge < -0.3 is 10.1 Å². The lowest BCUT2D eigenvalue weighted by molar-refractivity contribution is -0.0550. The second-order valence-corrected chi connectivity index (χ2v) is 4.91. The van der Waals surface area contributed by atoms with Gasteiger partial charge in [-0.15, -0.1) is 0 Å². The molecule has 0 aromatic carbocycles. The van der Waals surface area contributed by atoms with E-state index in [2.05, 4.69) is 46.5 Å². The van der Waals surface area contributed by atoms with E-state index in [9.17, 15) is 0 Å². The molecule has 0 saturated heterocycles. The van der Waals surface area contributed by atoms with Gasteiger partial charge in [-0.2, -0.15) is 0 Å². The molecule has 0 heterocycles. The van der Waals surface area contributed by atoms with Crippen LogP contribution in [0, 0.1) is 0 Å². The molecule has 0 rings (SSSR count). The average Bonchev–Trinajstić information content (AvgIpc) is 2.34. The summed E-state index contributed by atoms with van der Waals surface area (Å²) in [6, 6.07) is 0.375. The summed E-state index contributed by atoms with van der Waals surface area (Å²) in [6.07, 6.45) is 4.25. The Morgan fingerprint density at radius 2 is 1.94 bits per heavy atom. The van der Waals surface area contributed by atoms with Gasteiger partial charge in [0.15, 0.2) is 0 Å². The number of ether oxygens (including phenoxy) is 1. The van der Waals surface area contributed by atoms with Gasteiger partial charge >= 0.3 is 0 Å². The molecule has 2 atom stereocenters. The molecule has 0 fully saturated rings. The van der Waals surface area contributed by atoms with Crippen molar-refractivity contribution in [2.45, 2.75) is 71.9 Å². The van der Waals surface area contributed by atoms with Crippen LogP contribution in [0.4, 0.5) is 0 Å². The van der Waals surface area contributed by atoms with Crippen LogP contribution in [-0.4, -0.2) is 24.8 Å². The van der Waals surface area contributed by atoms with E-state index in [4.69, 9.17) is 4.74 Å². The molecule has 0 bridgehead atoms. The first-order valence-electron chi connectivity index (χ1n) is 7.07. The second-order valence-electron chi connectivity index (χ2n) is 4.91. The van der Waals surface area contributed by atoms with Crippen molar-refractivity contribution in [3.05, 3.63) is 12.2 Å². The monoisotopic (exact) mass is 241 g/mol. The van der Waals surface area contributed by atoms with Crippen molar-refractivity contribution in [3.8, 4) is 0 Å². The standard InChI is InChI=1S/C15H31NO/c1-7-11-16-14(12-13(5)8-2)15(6,9-3)17-10-4/h14,16H,5,7-12H2,1-4,6H3. The van der Waals surface area contributed by atoms with Crippen molar-refractivity contribution in [2.75, 3.05) is 13.2 Å². The Kier molecular flexibility index (Phi) is 8.53. The maximum atomic E-state index is 5.98. The van der Waals surface area contributed by atoms with E-state index in [0.717, 1.165) is 38.8 Å². The van der Waals surface area contributed by atoms with Gasteiger partial charge in [-0.3, -0.25) is 0 Å². The Bertz CT molecular complexity index is 215. The fraction of sp³-hybridized carbons (Fsp3) is 0.867. The SMILES string of the molecule is C=C(CC)CC(NCCC)C(C)(CC)OCC. The zero-order valence-corrected chi connectivity index (χ0v) is 12.4. The summed E-state index contributed by atoms with van der Waals surface area (Å²) in [7, 11) is 0. The van der Waals surface area contributed by atoms with Gasteiger partial charge in [0.1, 0.15) is 0 Å². The van der Waals surface area contributed by atoms with Crippen LogP contribution in [0.25, 0.3) is 0 Å². The molecule has 0 aliphatic rings. The van der Waals surface area contributed by atoms with Gasteiger partial charge in [0, 0.05) is 12.6 Å². The molecule has 2 nitrogen and oxygen atoms in total. The Labute approximate surface area is 108 Å². The highest BCUT2D eigenvalue weighted by atomic mass is 16.5. The molecule has 1 N–H and O–H groups in total. The highest BCUT2D eigenvalue weighted by Gasteiger charge is 2.32. The summed E-state index contributed by atoms with van der Waals surface area (Å²) >= 11 is 0. The summed E-state index contributed by atoms with van der Waals surface area (Å²) < 4.78 is 5.98. The van der Waals surface area contributed by atoms with Crippen LogP contribution in [0.1, 0.15) is 60.3 Å². The molecule has 0 aliphatic carbocycles. The molecular weight excluding hydrogens is 210 g/mol. The first-order valence-corrected chi connectivity index (χ1v) is 7.07. The van der Waals surface area contributed by atoms with Gasteiger partial charge in [-0.25, -0.2) is 0 Å². The van der Waals surface area contributed by atoms with Gasteiger partial charge in [-0.1, -0.05) is 32.9 Å². The van der Waals surface area contributed by atoms with E-state index in [1.165, 1.54) is 5.57 Å². The minimum Gasteiger partial charge on any atom is -0.374 e. The predicted molar refractivity (Wildman–Crippen MR) is 76.5 cm³/mol. The van der Waals surface area contributed by atoms with Crippen LogP contribution in [0.15, 0.2) is 12.2 Å². The zero-order valence-electron chi connectivity index (χ0n) is 12.4. The first kappa shape index (κ1) is 16.7. The Morgan fingerprint density at radius 1 is 1.29 bits per heavy atom. The predicted octanol–water partition coefficient (Wildman–Crippen LogP) is 3.92. The van der Waals surface area contributed by atoms with Crippen molar-refractivity contribution in [1.29, 1.82) is 0 Å². The maximum Gasteiger partial charge on any atom is 0.0807 e. The topological polar surface area (TPSA) is 21.3 Å². The first-order chi connectivity index (χ1) is 8.03. The minimum absolute atomic E-state index is 0.0813. The summed E-state index contributed by atoms with van der Waals surface area (Å²) in [4.78, 5) is 0. The summed E-state index contributed by atoms with van der Waals surface area (Å²) in [5.74, 6) is 0. The van der Waals surface area contributed by atoms with E-state index in [-0.39, 0.29) is 5.60 Å². The molecule has 0 aliphatic heterocycles. The van der Waals surface area contributed by atoms with E-state index in [1.54, 1.807) is 0 Å². The van der Waals surface area contributed by atoms with Crippen LogP contribution in [0.2, 0.25) is 0 Å². The van der Waals surface area contributed by atoms with Gasteiger partial charge in [0.2, 0.25) is 0 Å². The number of hydrogen-bond acceptors (Lipinski definition) is 2. The lowest BCUT2D eigenvalue weighted by Gasteiger charge is -2.38. The minimum atomic E-state index is -0.0813. The quantitative estimate of drug-likeness (QED) is 0.585. The number of rotatable bonds is 10. The molecule has 0 spiro atoms. The third kappa shape index (κ3) is 5.69.